The minimum absolute atomic E-state index is 0.124. The second-order valence-corrected chi connectivity index (χ2v) is 4.64. The van der Waals surface area contributed by atoms with Crippen LogP contribution in [0.5, 0.6) is 0 Å². The van der Waals surface area contributed by atoms with Crippen molar-refractivity contribution in [2.75, 3.05) is 0 Å². The lowest BCUT2D eigenvalue weighted by Gasteiger charge is -2.07. The fourth-order valence-electron chi connectivity index (χ4n) is 1.59. The first-order valence-corrected chi connectivity index (χ1v) is 5.88. The minimum Gasteiger partial charge on any atom is -0.253 e. The van der Waals surface area contributed by atoms with Crippen molar-refractivity contribution in [1.82, 2.24) is 4.98 Å². The summed E-state index contributed by atoms with van der Waals surface area (Å²) in [6.45, 7) is 4.17. The summed E-state index contributed by atoms with van der Waals surface area (Å²) in [5, 5.41) is 0.124. The molecule has 0 bridgehead atoms. The normalized spacial score (nSPS) is 10.9. The van der Waals surface area contributed by atoms with E-state index in [1.165, 1.54) is 6.07 Å². The van der Waals surface area contributed by atoms with Crippen LogP contribution in [-0.4, -0.2) is 4.98 Å². The zero-order chi connectivity index (χ0) is 12.4. The first-order chi connectivity index (χ1) is 8.08. The van der Waals surface area contributed by atoms with Gasteiger partial charge in [0.05, 0.1) is 10.7 Å². The second kappa shape index (κ2) is 4.84. The van der Waals surface area contributed by atoms with Crippen LogP contribution in [0.15, 0.2) is 36.4 Å². The molecule has 1 aromatic heterocycles. The lowest BCUT2D eigenvalue weighted by Crippen LogP contribution is -1.94. The Labute approximate surface area is 105 Å². The smallest absolute Gasteiger partial charge is 0.141 e. The molecule has 3 heteroatoms. The molecule has 0 aliphatic carbocycles. The van der Waals surface area contributed by atoms with E-state index >= 15 is 0 Å². The van der Waals surface area contributed by atoms with Gasteiger partial charge in [0.25, 0.3) is 0 Å². The van der Waals surface area contributed by atoms with Crippen LogP contribution in [0.2, 0.25) is 5.02 Å². The van der Waals surface area contributed by atoms with E-state index in [-0.39, 0.29) is 5.02 Å². The molecule has 1 aromatic carbocycles. The Morgan fingerprint density at radius 1 is 1.18 bits per heavy atom. The van der Waals surface area contributed by atoms with E-state index < -0.39 is 5.82 Å². The molecule has 0 aliphatic heterocycles. The first kappa shape index (κ1) is 12.1. The number of nitrogens with zero attached hydrogens (tertiary/aromatic N) is 1. The van der Waals surface area contributed by atoms with Gasteiger partial charge in [-0.25, -0.2) is 4.39 Å². The molecule has 1 nitrogen and oxygen atoms in total. The number of benzene rings is 1. The van der Waals surface area contributed by atoms with Crippen LogP contribution in [-0.2, 0) is 0 Å². The van der Waals surface area contributed by atoms with Gasteiger partial charge in [-0.2, -0.15) is 0 Å². The Bertz CT molecular complexity index is 537. The van der Waals surface area contributed by atoms with Crippen molar-refractivity contribution >= 4 is 11.6 Å². The molecule has 0 N–H and O–H groups in total. The first-order valence-electron chi connectivity index (χ1n) is 5.50. The number of aromatic nitrogens is 1. The van der Waals surface area contributed by atoms with Crippen molar-refractivity contribution in [3.05, 3.63) is 52.9 Å². The molecule has 17 heavy (non-hydrogen) atoms. The van der Waals surface area contributed by atoms with Gasteiger partial charge in [0, 0.05) is 11.3 Å². The third-order valence-corrected chi connectivity index (χ3v) is 2.87. The summed E-state index contributed by atoms with van der Waals surface area (Å²) in [4.78, 5) is 4.53. The fraction of sp³-hybridized carbons (Fsp3) is 0.214. The number of pyridine rings is 1. The predicted octanol–water partition coefficient (Wildman–Crippen LogP) is 4.66. The number of hydrogen-bond donors (Lipinski definition) is 0. The summed E-state index contributed by atoms with van der Waals surface area (Å²) in [6, 6.07) is 10.5. The fourth-order valence-corrected chi connectivity index (χ4v) is 1.77. The highest BCUT2D eigenvalue weighted by Crippen LogP contribution is 2.24. The van der Waals surface area contributed by atoms with Crippen molar-refractivity contribution in [3.8, 4) is 11.3 Å². The largest absolute Gasteiger partial charge is 0.253 e. The zero-order valence-corrected chi connectivity index (χ0v) is 10.5. The molecule has 0 atom stereocenters. The van der Waals surface area contributed by atoms with Crippen LogP contribution in [0.4, 0.5) is 4.39 Å². The van der Waals surface area contributed by atoms with Gasteiger partial charge in [0.15, 0.2) is 0 Å². The summed E-state index contributed by atoms with van der Waals surface area (Å²) in [6.07, 6.45) is 0. The molecule has 2 aromatic rings. The SMILES string of the molecule is CC(C)c1cccc(-c2ccc(F)c(Cl)c2)n1. The lowest BCUT2D eigenvalue weighted by atomic mass is 10.1. The maximum absolute atomic E-state index is 13.1. The Hall–Kier alpha value is -1.41. The monoisotopic (exact) mass is 249 g/mol. The molecule has 0 unspecified atom stereocenters. The van der Waals surface area contributed by atoms with Crippen LogP contribution >= 0.6 is 11.6 Å². The van der Waals surface area contributed by atoms with E-state index in [1.54, 1.807) is 12.1 Å². The molecular formula is C14H13ClFN. The molecule has 88 valence electrons. The quantitative estimate of drug-likeness (QED) is 0.754. The lowest BCUT2D eigenvalue weighted by molar-refractivity contribution is 0.628. The summed E-state index contributed by atoms with van der Waals surface area (Å²) in [5.41, 5.74) is 2.67. The van der Waals surface area contributed by atoms with Crippen LogP contribution in [0.25, 0.3) is 11.3 Å². The molecule has 0 saturated heterocycles. The van der Waals surface area contributed by atoms with E-state index in [1.807, 2.05) is 18.2 Å². The highest BCUT2D eigenvalue weighted by atomic mass is 35.5. The summed E-state index contributed by atoms with van der Waals surface area (Å²) >= 11 is 5.76. The van der Waals surface area contributed by atoms with Crippen molar-refractivity contribution in [3.63, 3.8) is 0 Å². The van der Waals surface area contributed by atoms with Crippen LogP contribution < -0.4 is 0 Å². The highest BCUT2D eigenvalue weighted by molar-refractivity contribution is 6.31. The average Bonchev–Trinajstić information content (AvgIpc) is 2.33. The predicted molar refractivity (Wildman–Crippen MR) is 68.7 cm³/mol. The summed E-state index contributed by atoms with van der Waals surface area (Å²) < 4.78 is 13.1. The maximum Gasteiger partial charge on any atom is 0.141 e. The molecule has 0 radical (unpaired) electrons. The molecular weight excluding hydrogens is 237 g/mol. The third-order valence-electron chi connectivity index (χ3n) is 2.58. The van der Waals surface area contributed by atoms with Crippen molar-refractivity contribution in [1.29, 1.82) is 0 Å². The minimum atomic E-state index is -0.407. The molecule has 0 amide bonds. The summed E-state index contributed by atoms with van der Waals surface area (Å²) in [7, 11) is 0. The molecule has 0 aliphatic rings. The van der Waals surface area contributed by atoms with Gasteiger partial charge in [0.2, 0.25) is 0 Å². The van der Waals surface area contributed by atoms with E-state index in [9.17, 15) is 4.39 Å². The molecule has 0 spiro atoms. The molecule has 0 saturated carbocycles. The number of hydrogen-bond acceptors (Lipinski definition) is 1. The molecule has 1 heterocycles. The van der Waals surface area contributed by atoms with Gasteiger partial charge in [0.1, 0.15) is 5.82 Å². The highest BCUT2D eigenvalue weighted by Gasteiger charge is 2.06. The topological polar surface area (TPSA) is 12.9 Å². The average molecular weight is 250 g/mol. The van der Waals surface area contributed by atoms with Gasteiger partial charge in [-0.3, -0.25) is 4.98 Å². The van der Waals surface area contributed by atoms with Crippen molar-refractivity contribution in [2.24, 2.45) is 0 Å². The van der Waals surface area contributed by atoms with Gasteiger partial charge < -0.3 is 0 Å². The summed E-state index contributed by atoms with van der Waals surface area (Å²) in [5.74, 6) is -0.0405. The number of rotatable bonds is 2. The van der Waals surface area contributed by atoms with E-state index in [4.69, 9.17) is 11.6 Å². The van der Waals surface area contributed by atoms with E-state index in [0.717, 1.165) is 17.0 Å². The van der Waals surface area contributed by atoms with Crippen LogP contribution in [0.3, 0.4) is 0 Å². The molecule has 2 rings (SSSR count). The Morgan fingerprint density at radius 2 is 1.94 bits per heavy atom. The van der Waals surface area contributed by atoms with Gasteiger partial charge in [-0.15, -0.1) is 0 Å². The van der Waals surface area contributed by atoms with Gasteiger partial charge in [-0.05, 0) is 36.2 Å². The van der Waals surface area contributed by atoms with Crippen LogP contribution in [0.1, 0.15) is 25.5 Å². The van der Waals surface area contributed by atoms with Crippen LogP contribution in [0, 0.1) is 5.82 Å². The Kier molecular flexibility index (Phi) is 3.43. The van der Waals surface area contributed by atoms with Crippen molar-refractivity contribution < 1.29 is 4.39 Å². The second-order valence-electron chi connectivity index (χ2n) is 4.23. The van der Waals surface area contributed by atoms with Crippen molar-refractivity contribution in [2.45, 2.75) is 19.8 Å². The van der Waals surface area contributed by atoms with Gasteiger partial charge >= 0.3 is 0 Å². The Morgan fingerprint density at radius 3 is 2.59 bits per heavy atom. The number of halogens is 2. The Balaban J connectivity index is 2.45. The van der Waals surface area contributed by atoms with E-state index in [0.29, 0.717) is 5.92 Å². The standard InChI is InChI=1S/C14H13ClFN/c1-9(2)13-4-3-5-14(17-13)10-6-7-12(16)11(15)8-10/h3-9H,1-2H3. The maximum atomic E-state index is 13.1. The zero-order valence-electron chi connectivity index (χ0n) is 9.74. The molecule has 0 fully saturated rings. The van der Waals surface area contributed by atoms with Gasteiger partial charge in [-0.1, -0.05) is 31.5 Å². The third kappa shape index (κ3) is 2.64. The van der Waals surface area contributed by atoms with E-state index in [2.05, 4.69) is 18.8 Å².